The summed E-state index contributed by atoms with van der Waals surface area (Å²) in [6.07, 6.45) is 7.42. The number of piperidine rings is 2. The molecule has 2 atom stereocenters. The van der Waals surface area contributed by atoms with Crippen molar-refractivity contribution in [3.63, 3.8) is 0 Å². The molecule has 0 spiro atoms. The Labute approximate surface area is 189 Å². The number of imide groups is 1. The van der Waals surface area contributed by atoms with Crippen LogP contribution in [-0.2, 0) is 22.7 Å². The highest BCUT2D eigenvalue weighted by Gasteiger charge is 2.40. The molecule has 0 saturated carbocycles. The van der Waals surface area contributed by atoms with E-state index in [9.17, 15) is 14.4 Å². The zero-order valence-electron chi connectivity index (χ0n) is 18.8. The molecular weight excluding hydrogens is 404 g/mol. The van der Waals surface area contributed by atoms with Crippen molar-refractivity contribution in [2.75, 3.05) is 26.2 Å². The number of likely N-dealkylation sites (tertiary alicyclic amines) is 1. The number of amides is 3. The summed E-state index contributed by atoms with van der Waals surface area (Å²) in [5, 5.41) is 5.89. The summed E-state index contributed by atoms with van der Waals surface area (Å²) in [5.41, 5.74) is 2.96. The first-order valence-electron chi connectivity index (χ1n) is 12.3. The SMILES string of the molecule is O=C1CCC(N2Cc3c(CN4CC(CCCC5CCCNC5)C4)cccc3C2=O)C(=O)N1. The molecule has 0 aliphatic carbocycles. The van der Waals surface area contributed by atoms with E-state index < -0.39 is 6.04 Å². The molecule has 172 valence electrons. The number of hydrogen-bond acceptors (Lipinski definition) is 5. The number of hydrogen-bond donors (Lipinski definition) is 2. The smallest absolute Gasteiger partial charge is 0.255 e. The lowest BCUT2D eigenvalue weighted by Crippen LogP contribution is -2.52. The summed E-state index contributed by atoms with van der Waals surface area (Å²) < 4.78 is 0. The first-order valence-corrected chi connectivity index (χ1v) is 12.3. The first-order chi connectivity index (χ1) is 15.6. The molecular formula is C25H34N4O3. The highest BCUT2D eigenvalue weighted by molar-refractivity contribution is 6.05. The van der Waals surface area contributed by atoms with Crippen molar-refractivity contribution in [2.45, 2.75) is 64.1 Å². The van der Waals surface area contributed by atoms with E-state index in [0.29, 0.717) is 18.5 Å². The van der Waals surface area contributed by atoms with Gasteiger partial charge in [-0.1, -0.05) is 18.6 Å². The van der Waals surface area contributed by atoms with Crippen LogP contribution in [-0.4, -0.2) is 59.7 Å². The zero-order valence-corrected chi connectivity index (χ0v) is 18.8. The van der Waals surface area contributed by atoms with Crippen molar-refractivity contribution < 1.29 is 14.4 Å². The third-order valence-corrected chi connectivity index (χ3v) is 7.73. The van der Waals surface area contributed by atoms with Crippen LogP contribution in [0.1, 0.15) is 66.4 Å². The topological polar surface area (TPSA) is 81.8 Å². The number of nitrogens with zero attached hydrogens (tertiary/aromatic N) is 2. The van der Waals surface area contributed by atoms with Gasteiger partial charge in [-0.2, -0.15) is 0 Å². The van der Waals surface area contributed by atoms with Crippen molar-refractivity contribution in [1.29, 1.82) is 0 Å². The molecule has 7 nitrogen and oxygen atoms in total. The lowest BCUT2D eigenvalue weighted by atomic mass is 9.88. The summed E-state index contributed by atoms with van der Waals surface area (Å²) in [5.74, 6) is 0.981. The average molecular weight is 439 g/mol. The molecule has 1 aromatic carbocycles. The predicted octanol–water partition coefficient (Wildman–Crippen LogP) is 2.05. The van der Waals surface area contributed by atoms with E-state index >= 15 is 0 Å². The normalized spacial score (nSPS) is 26.8. The Morgan fingerprint density at radius 3 is 2.66 bits per heavy atom. The molecule has 7 heteroatoms. The summed E-state index contributed by atoms with van der Waals surface area (Å²) in [7, 11) is 0. The fraction of sp³-hybridized carbons (Fsp3) is 0.640. The molecule has 2 N–H and O–H groups in total. The highest BCUT2D eigenvalue weighted by Crippen LogP contribution is 2.32. The Kier molecular flexibility index (Phi) is 6.28. The van der Waals surface area contributed by atoms with Crippen LogP contribution in [0.25, 0.3) is 0 Å². The van der Waals surface area contributed by atoms with E-state index in [4.69, 9.17) is 0 Å². The second kappa shape index (κ2) is 9.32. The second-order valence-corrected chi connectivity index (χ2v) is 10.0. The standard InChI is InChI=1S/C25H34N4O3/c30-23-10-9-22(24(31)27-23)29-16-21-19(7-2-8-20(21)25(29)32)15-28-13-18(14-28)5-1-4-17-6-3-11-26-12-17/h2,7-8,17-18,22,26H,1,3-6,9-16H2,(H,27,30,31). The van der Waals surface area contributed by atoms with Gasteiger partial charge in [-0.3, -0.25) is 24.6 Å². The molecule has 32 heavy (non-hydrogen) atoms. The van der Waals surface area contributed by atoms with Crippen LogP contribution in [0.3, 0.4) is 0 Å². The average Bonchev–Trinajstić information content (AvgIpc) is 3.10. The van der Waals surface area contributed by atoms with Crippen LogP contribution in [0.4, 0.5) is 0 Å². The molecule has 0 bridgehead atoms. The van der Waals surface area contributed by atoms with Gasteiger partial charge in [0.1, 0.15) is 6.04 Å². The van der Waals surface area contributed by atoms with Crippen LogP contribution in [0.5, 0.6) is 0 Å². The maximum absolute atomic E-state index is 13.0. The van der Waals surface area contributed by atoms with Gasteiger partial charge in [-0.15, -0.1) is 0 Å². The van der Waals surface area contributed by atoms with Gasteiger partial charge in [0.2, 0.25) is 11.8 Å². The molecule has 2 unspecified atom stereocenters. The van der Waals surface area contributed by atoms with E-state index in [1.54, 1.807) is 4.90 Å². The van der Waals surface area contributed by atoms with Crippen molar-refractivity contribution in [2.24, 2.45) is 11.8 Å². The molecule has 4 heterocycles. The molecule has 3 fully saturated rings. The van der Waals surface area contributed by atoms with E-state index in [1.807, 2.05) is 12.1 Å². The first kappa shape index (κ1) is 21.6. The number of carbonyl (C=O) groups is 3. The number of nitrogens with one attached hydrogen (secondary N) is 2. The predicted molar refractivity (Wildman–Crippen MR) is 121 cm³/mol. The van der Waals surface area contributed by atoms with Gasteiger partial charge in [-0.25, -0.2) is 0 Å². The number of fused-ring (bicyclic) bond motifs is 1. The van der Waals surface area contributed by atoms with Crippen LogP contribution >= 0.6 is 0 Å². The second-order valence-electron chi connectivity index (χ2n) is 10.0. The van der Waals surface area contributed by atoms with Crippen molar-refractivity contribution >= 4 is 17.7 Å². The molecule has 5 rings (SSSR count). The number of carbonyl (C=O) groups excluding carboxylic acids is 3. The maximum atomic E-state index is 13.0. The maximum Gasteiger partial charge on any atom is 0.255 e. The Bertz CT molecular complexity index is 889. The van der Waals surface area contributed by atoms with Crippen LogP contribution in [0, 0.1) is 11.8 Å². The molecule has 3 saturated heterocycles. The van der Waals surface area contributed by atoms with Crippen molar-refractivity contribution in [3.8, 4) is 0 Å². The lowest BCUT2D eigenvalue weighted by Gasteiger charge is -2.40. The fourth-order valence-electron chi connectivity index (χ4n) is 5.89. The van der Waals surface area contributed by atoms with E-state index in [2.05, 4.69) is 21.6 Å². The van der Waals surface area contributed by atoms with E-state index in [1.165, 1.54) is 50.8 Å². The third-order valence-electron chi connectivity index (χ3n) is 7.73. The van der Waals surface area contributed by atoms with Crippen molar-refractivity contribution in [3.05, 3.63) is 34.9 Å². The monoisotopic (exact) mass is 438 g/mol. The van der Waals surface area contributed by atoms with Crippen LogP contribution in [0.15, 0.2) is 18.2 Å². The molecule has 0 radical (unpaired) electrons. The Morgan fingerprint density at radius 2 is 1.88 bits per heavy atom. The summed E-state index contributed by atoms with van der Waals surface area (Å²) >= 11 is 0. The van der Waals surface area contributed by atoms with Gasteiger partial charge >= 0.3 is 0 Å². The van der Waals surface area contributed by atoms with E-state index in [-0.39, 0.29) is 24.1 Å². The van der Waals surface area contributed by atoms with Crippen molar-refractivity contribution in [1.82, 2.24) is 20.4 Å². The molecule has 4 aliphatic rings. The van der Waals surface area contributed by atoms with Crippen LogP contribution < -0.4 is 10.6 Å². The summed E-state index contributed by atoms with van der Waals surface area (Å²) in [6.45, 7) is 5.99. The van der Waals surface area contributed by atoms with Gasteiger partial charge in [-0.05, 0) is 74.2 Å². The van der Waals surface area contributed by atoms with Gasteiger partial charge in [0, 0.05) is 38.2 Å². The lowest BCUT2D eigenvalue weighted by molar-refractivity contribution is -0.136. The molecule has 0 aromatic heterocycles. The minimum atomic E-state index is -0.548. The summed E-state index contributed by atoms with van der Waals surface area (Å²) in [4.78, 5) is 40.9. The quantitative estimate of drug-likeness (QED) is 0.637. The fourth-order valence-corrected chi connectivity index (χ4v) is 5.89. The molecule has 4 aliphatic heterocycles. The van der Waals surface area contributed by atoms with Gasteiger partial charge in [0.05, 0.1) is 0 Å². The van der Waals surface area contributed by atoms with E-state index in [0.717, 1.165) is 37.0 Å². The number of rotatable bonds is 7. The Morgan fingerprint density at radius 1 is 1.03 bits per heavy atom. The minimum Gasteiger partial charge on any atom is -0.322 e. The van der Waals surface area contributed by atoms with Gasteiger partial charge < -0.3 is 10.2 Å². The molecule has 3 amide bonds. The minimum absolute atomic E-state index is 0.0879. The highest BCUT2D eigenvalue weighted by atomic mass is 16.2. The van der Waals surface area contributed by atoms with Crippen LogP contribution in [0.2, 0.25) is 0 Å². The third kappa shape index (κ3) is 4.46. The Hall–Kier alpha value is -2.25. The molecule has 1 aromatic rings. The van der Waals surface area contributed by atoms with Gasteiger partial charge in [0.25, 0.3) is 5.91 Å². The summed E-state index contributed by atoms with van der Waals surface area (Å²) in [6, 6.07) is 5.39. The number of benzene rings is 1. The largest absolute Gasteiger partial charge is 0.322 e. The zero-order chi connectivity index (χ0) is 22.1. The van der Waals surface area contributed by atoms with Gasteiger partial charge in [0.15, 0.2) is 0 Å². The Balaban J connectivity index is 1.13.